The largest absolute Gasteiger partial charge is 0.478 e. The van der Waals surface area contributed by atoms with E-state index >= 15 is 0 Å². The molecule has 2 aromatic carbocycles. The maximum Gasteiger partial charge on any atom is 0.337 e. The zero-order valence-electron chi connectivity index (χ0n) is 17.1. The summed E-state index contributed by atoms with van der Waals surface area (Å²) in [4.78, 5) is 47.2. The van der Waals surface area contributed by atoms with E-state index in [1.807, 2.05) is 0 Å². The summed E-state index contributed by atoms with van der Waals surface area (Å²) in [5.74, 6) is -3.73. The van der Waals surface area contributed by atoms with Gasteiger partial charge < -0.3 is 20.8 Å². The third kappa shape index (κ3) is 5.22. The third-order valence-electron chi connectivity index (χ3n) is 4.40. The molecule has 8 nitrogen and oxygen atoms in total. The van der Waals surface area contributed by atoms with Gasteiger partial charge in [0.25, 0.3) is 0 Å². The molecule has 158 valence electrons. The average molecular weight is 412 g/mol. The van der Waals surface area contributed by atoms with Crippen molar-refractivity contribution in [1.29, 1.82) is 0 Å². The maximum absolute atomic E-state index is 11.9. The van der Waals surface area contributed by atoms with Gasteiger partial charge in [-0.1, -0.05) is 39.8 Å². The number of amides is 2. The van der Waals surface area contributed by atoms with Crippen molar-refractivity contribution in [1.82, 2.24) is 0 Å². The number of carboxylic acids is 2. The first kappa shape index (κ1) is 22.6. The molecular formula is C22H24N2O6. The highest BCUT2D eigenvalue weighted by Crippen LogP contribution is 2.29. The van der Waals surface area contributed by atoms with Gasteiger partial charge in [-0.15, -0.1) is 0 Å². The lowest BCUT2D eigenvalue weighted by atomic mass is 9.98. The molecule has 0 aromatic heterocycles. The van der Waals surface area contributed by atoms with Crippen molar-refractivity contribution in [3.05, 3.63) is 47.5 Å². The Labute approximate surface area is 173 Å². The van der Waals surface area contributed by atoms with E-state index in [2.05, 4.69) is 10.6 Å². The summed E-state index contributed by atoms with van der Waals surface area (Å²) >= 11 is 0. The SMILES string of the molecule is CC(C)C(=O)Nc1ccc(-c2ccc(NC(=O)C(C)C)c(C(=O)O)c2)cc1C(=O)O. The monoisotopic (exact) mass is 412 g/mol. The fourth-order valence-corrected chi connectivity index (χ4v) is 2.57. The quantitative estimate of drug-likeness (QED) is 0.544. The molecular weight excluding hydrogens is 388 g/mol. The molecule has 8 heteroatoms. The van der Waals surface area contributed by atoms with Crippen molar-refractivity contribution in [3.63, 3.8) is 0 Å². The molecule has 0 heterocycles. The standard InChI is InChI=1S/C22H24N2O6/c1-11(2)19(25)23-17-7-5-13(9-15(17)21(27)28)14-6-8-18(16(10-14)22(29)30)24-20(26)12(3)4/h5-12H,1-4H3,(H,23,25)(H,24,26)(H,27,28)(H,29,30). The van der Waals surface area contributed by atoms with Crippen LogP contribution in [0.4, 0.5) is 11.4 Å². The maximum atomic E-state index is 11.9. The van der Waals surface area contributed by atoms with Crippen LogP contribution in [0.1, 0.15) is 48.4 Å². The molecule has 2 amide bonds. The second-order valence-electron chi connectivity index (χ2n) is 7.42. The topological polar surface area (TPSA) is 133 Å². The predicted octanol–water partition coefficient (Wildman–Crippen LogP) is 3.94. The van der Waals surface area contributed by atoms with E-state index in [4.69, 9.17) is 0 Å². The van der Waals surface area contributed by atoms with Crippen LogP contribution in [0.5, 0.6) is 0 Å². The Balaban J connectivity index is 2.48. The van der Waals surface area contributed by atoms with E-state index in [-0.39, 0.29) is 46.2 Å². The third-order valence-corrected chi connectivity index (χ3v) is 4.40. The van der Waals surface area contributed by atoms with Crippen LogP contribution >= 0.6 is 0 Å². The summed E-state index contributed by atoms with van der Waals surface area (Å²) < 4.78 is 0. The normalized spacial score (nSPS) is 10.7. The van der Waals surface area contributed by atoms with Crippen molar-refractivity contribution < 1.29 is 29.4 Å². The van der Waals surface area contributed by atoms with Crippen LogP contribution in [0.2, 0.25) is 0 Å². The highest BCUT2D eigenvalue weighted by atomic mass is 16.4. The van der Waals surface area contributed by atoms with Crippen molar-refractivity contribution in [2.24, 2.45) is 11.8 Å². The molecule has 0 aliphatic rings. The molecule has 0 spiro atoms. The van der Waals surface area contributed by atoms with E-state index in [9.17, 15) is 29.4 Å². The average Bonchev–Trinajstić information content (AvgIpc) is 2.67. The molecule has 2 rings (SSSR count). The molecule has 0 saturated heterocycles. The first-order valence-corrected chi connectivity index (χ1v) is 9.38. The fraction of sp³-hybridized carbons (Fsp3) is 0.273. The number of aromatic carboxylic acids is 2. The van der Waals surface area contributed by atoms with Crippen LogP contribution in [0.3, 0.4) is 0 Å². The number of hydrogen-bond donors (Lipinski definition) is 4. The van der Waals surface area contributed by atoms with E-state index in [1.54, 1.807) is 39.8 Å². The summed E-state index contributed by atoms with van der Waals surface area (Å²) in [5.41, 5.74) is 0.998. The smallest absolute Gasteiger partial charge is 0.337 e. The minimum absolute atomic E-state index is 0.115. The lowest BCUT2D eigenvalue weighted by Crippen LogP contribution is -2.20. The van der Waals surface area contributed by atoms with Gasteiger partial charge >= 0.3 is 11.9 Å². The number of hydrogen-bond acceptors (Lipinski definition) is 4. The van der Waals surface area contributed by atoms with Crippen molar-refractivity contribution in [3.8, 4) is 11.1 Å². The van der Waals surface area contributed by atoms with Crippen molar-refractivity contribution in [2.45, 2.75) is 27.7 Å². The number of anilines is 2. The molecule has 0 bridgehead atoms. The number of rotatable bonds is 7. The zero-order valence-corrected chi connectivity index (χ0v) is 17.1. The van der Waals surface area contributed by atoms with Crippen molar-refractivity contribution >= 4 is 35.1 Å². The van der Waals surface area contributed by atoms with Gasteiger partial charge in [-0.05, 0) is 35.4 Å². The second-order valence-corrected chi connectivity index (χ2v) is 7.42. The Hall–Kier alpha value is -3.68. The van der Waals surface area contributed by atoms with Crippen LogP contribution in [0, 0.1) is 11.8 Å². The summed E-state index contributed by atoms with van der Waals surface area (Å²) in [6.45, 7) is 6.77. The van der Waals surface area contributed by atoms with Crippen LogP contribution in [-0.4, -0.2) is 34.0 Å². The van der Waals surface area contributed by atoms with Gasteiger partial charge in [0, 0.05) is 11.8 Å². The molecule has 0 radical (unpaired) electrons. The highest BCUT2D eigenvalue weighted by Gasteiger charge is 2.18. The van der Waals surface area contributed by atoms with Gasteiger partial charge in [-0.2, -0.15) is 0 Å². The number of benzene rings is 2. The molecule has 0 atom stereocenters. The summed E-state index contributed by atoms with van der Waals surface area (Å²) in [5, 5.41) is 24.2. The van der Waals surface area contributed by atoms with Gasteiger partial charge in [0.2, 0.25) is 11.8 Å². The molecule has 0 fully saturated rings. The number of carbonyl (C=O) groups excluding carboxylic acids is 2. The van der Waals surface area contributed by atoms with Crippen molar-refractivity contribution in [2.75, 3.05) is 10.6 Å². The molecule has 2 aromatic rings. The second kappa shape index (κ2) is 9.21. The minimum atomic E-state index is -1.23. The van der Waals surface area contributed by atoms with Gasteiger partial charge in [0.05, 0.1) is 22.5 Å². The summed E-state index contributed by atoms with van der Waals surface area (Å²) in [7, 11) is 0. The summed E-state index contributed by atoms with van der Waals surface area (Å²) in [6, 6.07) is 8.85. The molecule has 0 unspecified atom stereocenters. The first-order chi connectivity index (χ1) is 14.0. The van der Waals surface area contributed by atoms with Gasteiger partial charge in [0.1, 0.15) is 0 Å². The Morgan fingerprint density at radius 2 is 1.00 bits per heavy atom. The van der Waals surface area contributed by atoms with Gasteiger partial charge in [0.15, 0.2) is 0 Å². The lowest BCUT2D eigenvalue weighted by molar-refractivity contribution is -0.119. The predicted molar refractivity (Wildman–Crippen MR) is 113 cm³/mol. The number of nitrogens with one attached hydrogen (secondary N) is 2. The highest BCUT2D eigenvalue weighted by molar-refractivity contribution is 6.04. The molecule has 4 N–H and O–H groups in total. The van der Waals surface area contributed by atoms with Crippen LogP contribution in [0.25, 0.3) is 11.1 Å². The fourth-order valence-electron chi connectivity index (χ4n) is 2.57. The van der Waals surface area contributed by atoms with Gasteiger partial charge in [-0.3, -0.25) is 9.59 Å². The van der Waals surface area contributed by atoms with E-state index in [1.165, 1.54) is 24.3 Å². The van der Waals surface area contributed by atoms with E-state index in [0.717, 1.165) is 0 Å². The minimum Gasteiger partial charge on any atom is -0.478 e. The Morgan fingerprint density at radius 3 is 1.27 bits per heavy atom. The number of carbonyl (C=O) groups is 4. The summed E-state index contributed by atoms with van der Waals surface area (Å²) in [6.07, 6.45) is 0. The Kier molecular flexibility index (Phi) is 6.94. The molecule has 30 heavy (non-hydrogen) atoms. The van der Waals surface area contributed by atoms with Crippen LogP contribution in [0.15, 0.2) is 36.4 Å². The molecule has 0 aliphatic carbocycles. The molecule has 0 aliphatic heterocycles. The number of carboxylic acid groups (broad SMARTS) is 2. The lowest BCUT2D eigenvalue weighted by Gasteiger charge is -2.14. The van der Waals surface area contributed by atoms with Crippen LogP contribution in [-0.2, 0) is 9.59 Å². The Morgan fingerprint density at radius 1 is 0.667 bits per heavy atom. The van der Waals surface area contributed by atoms with E-state index in [0.29, 0.717) is 11.1 Å². The zero-order chi connectivity index (χ0) is 22.6. The van der Waals surface area contributed by atoms with E-state index < -0.39 is 11.9 Å². The first-order valence-electron chi connectivity index (χ1n) is 9.38. The van der Waals surface area contributed by atoms with Gasteiger partial charge in [-0.25, -0.2) is 9.59 Å². The van der Waals surface area contributed by atoms with Crippen LogP contribution < -0.4 is 10.6 Å². The Bertz CT molecular complexity index is 929. The molecule has 0 saturated carbocycles.